The summed E-state index contributed by atoms with van der Waals surface area (Å²) in [6, 6.07) is 23.5. The predicted molar refractivity (Wildman–Crippen MR) is 183 cm³/mol. The van der Waals surface area contributed by atoms with Crippen LogP contribution < -0.4 is 77.1 Å². The van der Waals surface area contributed by atoms with Crippen LogP contribution in [0, 0.1) is 44.7 Å². The molecule has 3 aromatic carbocycles. The van der Waals surface area contributed by atoms with Gasteiger partial charge in [-0.05, 0) is 145 Å². The molecule has 0 bridgehead atoms. The van der Waals surface area contributed by atoms with E-state index >= 15 is 0 Å². The topological polar surface area (TPSA) is 74.9 Å². The Labute approximate surface area is 357 Å². The number of nitro benzene ring substituents is 1. The fraction of sp³-hybridized carbons (Fsp3) is 0.189. The van der Waals surface area contributed by atoms with Gasteiger partial charge in [-0.15, -0.1) is 0 Å². The Hall–Kier alpha value is -2.34. The third-order valence-electron chi connectivity index (χ3n) is 8.00. The van der Waals surface area contributed by atoms with E-state index in [1.165, 1.54) is 0 Å². The Bertz CT molecular complexity index is 1800. The van der Waals surface area contributed by atoms with Crippen LogP contribution in [-0.4, -0.2) is 27.3 Å². The van der Waals surface area contributed by atoms with Crippen LogP contribution in [0.4, 0.5) is 28.7 Å². The van der Waals surface area contributed by atoms with Gasteiger partial charge < -0.3 is 67.9 Å². The van der Waals surface area contributed by atoms with Crippen molar-refractivity contribution in [2.24, 2.45) is 0 Å². The first-order valence-electron chi connectivity index (χ1n) is 14.7. The third kappa shape index (κ3) is 10.4. The molecule has 0 unspecified atom stereocenters. The molecule has 0 aliphatic heterocycles. The molecule has 0 aliphatic carbocycles. The minimum absolute atomic E-state index is 0. The van der Waals surface area contributed by atoms with Crippen molar-refractivity contribution in [2.75, 3.05) is 0 Å². The van der Waals surface area contributed by atoms with Crippen molar-refractivity contribution >= 4 is 41.1 Å². The summed E-state index contributed by atoms with van der Waals surface area (Å²) in [5.41, 5.74) is 10.9. The first kappa shape index (κ1) is 49.8. The molecule has 0 atom stereocenters. The summed E-state index contributed by atoms with van der Waals surface area (Å²) in [6.45, 7) is 14.3. The molecule has 0 saturated heterocycles. The summed E-state index contributed by atoms with van der Waals surface area (Å²) < 4.78 is 4.16. The van der Waals surface area contributed by atoms with E-state index in [1.54, 1.807) is 24.5 Å². The van der Waals surface area contributed by atoms with E-state index in [0.29, 0.717) is 0 Å². The zero-order valence-electron chi connectivity index (χ0n) is 28.4. The quantitative estimate of drug-likeness (QED) is 0.0579. The van der Waals surface area contributed by atoms with Gasteiger partial charge in [0.25, 0.3) is 5.69 Å². The molecule has 5 rings (SSSR count). The monoisotopic (exact) mass is 1020 g/mol. The van der Waals surface area contributed by atoms with Gasteiger partial charge in [0.1, 0.15) is 23.8 Å². The summed E-state index contributed by atoms with van der Waals surface area (Å²) in [4.78, 5) is 21.0. The number of benzene rings is 3. The van der Waals surface area contributed by atoms with Gasteiger partial charge in [0, 0.05) is 58.4 Å². The number of halogens is 4. The van der Waals surface area contributed by atoms with Gasteiger partial charge in [-0.1, -0.05) is 12.1 Å². The first-order chi connectivity index (χ1) is 21.1. The van der Waals surface area contributed by atoms with Crippen LogP contribution in [0.3, 0.4) is 0 Å². The fourth-order valence-corrected chi connectivity index (χ4v) is 6.13. The van der Waals surface area contributed by atoms with Gasteiger partial charge in [0.2, 0.25) is 0 Å². The number of nitrogens with zero attached hydrogens (tertiary/aromatic N) is 5. The molecule has 2 radical (unpaired) electrons. The van der Waals surface area contributed by atoms with E-state index in [1.807, 2.05) is 69.6 Å². The minimum Gasteiger partial charge on any atom is -1.00 e. The SMILES string of the molecule is CC=[N+](c1ccccn1)c1c(C)cc(-c2cc([N+](=O)[O-])cc(-c3cc(C)c([N+](=CC)c4ccccn4)c(C)c3)c2C)cc1C.[Br-].[Br-].[Br-].[Br-].[Cu].[Cu]. The molecule has 0 spiro atoms. The molecule has 7 nitrogen and oxygen atoms in total. The zero-order chi connectivity index (χ0) is 31.5. The molecule has 0 aliphatic rings. The molecule has 0 amide bonds. The Morgan fingerprint density at radius 1 is 0.580 bits per heavy atom. The maximum Gasteiger partial charge on any atom is 0.327 e. The molecular formula is C37H37Br4Cu2N5O2-2. The summed E-state index contributed by atoms with van der Waals surface area (Å²) in [5.74, 6) is 1.67. The smallest absolute Gasteiger partial charge is 0.327 e. The molecular weight excluding hydrogens is 993 g/mol. The normalized spacial score (nSPS) is 10.5. The standard InChI is InChI=1S/C37H37N5O2.4BrH.2Cu/c1-8-40(34-14-10-12-16-38-34)36-24(3)18-29(19-25(36)4)32-22-31(42(43)44)23-33(28(32)7)30-20-26(5)37(27(6)21-30)41(9-2)35-15-11-13-17-39-35;;;;;;/h8-23H,1-7H3;4*1H;;/q+2;;;;;;/p-4. The molecule has 0 saturated carbocycles. The zero-order valence-corrected chi connectivity index (χ0v) is 36.6. The second-order valence-corrected chi connectivity index (χ2v) is 11.0. The maximum atomic E-state index is 12.2. The van der Waals surface area contributed by atoms with Crippen molar-refractivity contribution in [1.82, 2.24) is 19.1 Å². The Morgan fingerprint density at radius 2 is 0.920 bits per heavy atom. The van der Waals surface area contributed by atoms with Crippen molar-refractivity contribution in [1.29, 1.82) is 0 Å². The van der Waals surface area contributed by atoms with Crippen LogP contribution in [0.5, 0.6) is 0 Å². The number of hydrogen-bond acceptors (Lipinski definition) is 4. The van der Waals surface area contributed by atoms with Gasteiger partial charge in [-0.25, -0.2) is 9.15 Å². The number of aryl methyl sites for hydroxylation is 4. The maximum absolute atomic E-state index is 12.2. The number of non-ortho nitro benzene ring substituents is 1. The third-order valence-corrected chi connectivity index (χ3v) is 8.00. The average molecular weight is 1030 g/mol. The second-order valence-electron chi connectivity index (χ2n) is 11.0. The van der Waals surface area contributed by atoms with Crippen molar-refractivity contribution in [3.63, 3.8) is 0 Å². The molecule has 5 aromatic rings. The second kappa shape index (κ2) is 21.9. The summed E-state index contributed by atoms with van der Waals surface area (Å²) in [7, 11) is 0. The van der Waals surface area contributed by atoms with Gasteiger partial charge in [-0.2, -0.15) is 0 Å². The van der Waals surface area contributed by atoms with Crippen LogP contribution in [0.1, 0.15) is 41.7 Å². The summed E-state index contributed by atoms with van der Waals surface area (Å²) in [6.07, 6.45) is 7.58. The Balaban J connectivity index is 0. The van der Waals surface area contributed by atoms with Crippen LogP contribution in [0.15, 0.2) is 85.2 Å². The van der Waals surface area contributed by atoms with Gasteiger partial charge >= 0.3 is 11.6 Å². The van der Waals surface area contributed by atoms with E-state index in [-0.39, 0.29) is 113 Å². The van der Waals surface area contributed by atoms with Crippen molar-refractivity contribution in [3.8, 4) is 22.3 Å². The molecule has 13 heteroatoms. The van der Waals surface area contributed by atoms with E-state index in [0.717, 1.165) is 73.1 Å². The molecule has 2 aromatic heterocycles. The predicted octanol–water partition coefficient (Wildman–Crippen LogP) is -2.88. The molecule has 0 N–H and O–H groups in total. The first-order valence-corrected chi connectivity index (χ1v) is 14.7. The minimum atomic E-state index is -0.307. The largest absolute Gasteiger partial charge is 1.00 e. The Morgan fingerprint density at radius 3 is 1.18 bits per heavy atom. The van der Waals surface area contributed by atoms with Gasteiger partial charge in [-0.3, -0.25) is 10.1 Å². The van der Waals surface area contributed by atoms with Crippen molar-refractivity contribution < 1.29 is 107 Å². The number of aromatic nitrogens is 2. The van der Waals surface area contributed by atoms with E-state index in [9.17, 15) is 10.1 Å². The van der Waals surface area contributed by atoms with Crippen molar-refractivity contribution in [3.05, 3.63) is 123 Å². The van der Waals surface area contributed by atoms with Crippen LogP contribution >= 0.6 is 0 Å². The number of rotatable bonds is 7. The van der Waals surface area contributed by atoms with Crippen LogP contribution in [-0.2, 0) is 34.1 Å². The van der Waals surface area contributed by atoms with Gasteiger partial charge in [0.05, 0.1) is 17.4 Å². The Kier molecular flexibility index (Phi) is 21.8. The molecule has 274 valence electrons. The van der Waals surface area contributed by atoms with E-state index in [4.69, 9.17) is 0 Å². The fourth-order valence-electron chi connectivity index (χ4n) is 6.13. The van der Waals surface area contributed by atoms with Gasteiger partial charge in [0.15, 0.2) is 0 Å². The molecule has 50 heavy (non-hydrogen) atoms. The average Bonchev–Trinajstić information content (AvgIpc) is 3.01. The molecule has 2 heterocycles. The van der Waals surface area contributed by atoms with Crippen molar-refractivity contribution in [2.45, 2.75) is 48.5 Å². The molecule has 0 fully saturated rings. The van der Waals surface area contributed by atoms with Crippen LogP contribution in [0.2, 0.25) is 0 Å². The van der Waals surface area contributed by atoms with Crippen LogP contribution in [0.25, 0.3) is 22.3 Å². The number of nitro groups is 1. The number of pyridine rings is 2. The summed E-state index contributed by atoms with van der Waals surface area (Å²) >= 11 is 0. The van der Waals surface area contributed by atoms with E-state index < -0.39 is 0 Å². The summed E-state index contributed by atoms with van der Waals surface area (Å²) in [5, 5.41) is 12.2. The number of hydrogen-bond donors (Lipinski definition) is 0. The van der Waals surface area contributed by atoms with E-state index in [2.05, 4.69) is 71.1 Å².